The van der Waals surface area contributed by atoms with Gasteiger partial charge in [-0.2, -0.15) is 0 Å². The van der Waals surface area contributed by atoms with Gasteiger partial charge in [0.1, 0.15) is 11.5 Å². The van der Waals surface area contributed by atoms with E-state index in [0.717, 1.165) is 30.9 Å². The monoisotopic (exact) mass is 223 g/mol. The van der Waals surface area contributed by atoms with Gasteiger partial charge in [0.25, 0.3) is 0 Å². The fourth-order valence-electron chi connectivity index (χ4n) is 1.78. The van der Waals surface area contributed by atoms with Gasteiger partial charge in [0.2, 0.25) is 0 Å². The van der Waals surface area contributed by atoms with Crippen LogP contribution >= 0.6 is 0 Å². The van der Waals surface area contributed by atoms with Gasteiger partial charge < -0.3 is 15.2 Å². The van der Waals surface area contributed by atoms with E-state index < -0.39 is 0 Å². The van der Waals surface area contributed by atoms with Crippen LogP contribution in [0.25, 0.3) is 0 Å². The molecule has 16 heavy (non-hydrogen) atoms. The summed E-state index contributed by atoms with van der Waals surface area (Å²) in [5.74, 6) is 2.29. The molecular weight excluding hydrogens is 202 g/mol. The van der Waals surface area contributed by atoms with Crippen molar-refractivity contribution in [2.45, 2.75) is 19.8 Å². The van der Waals surface area contributed by atoms with Crippen molar-refractivity contribution in [1.29, 1.82) is 0 Å². The average molecular weight is 223 g/mol. The van der Waals surface area contributed by atoms with Crippen molar-refractivity contribution >= 4 is 0 Å². The van der Waals surface area contributed by atoms with E-state index in [9.17, 15) is 0 Å². The normalized spacial score (nSPS) is 12.2. The topological polar surface area (TPSA) is 44.5 Å². The standard InChI is InChI=1S/C13H21NO2/c1-10(6-7-14)8-11-4-5-12(15-2)9-13(11)16-3/h4-5,9-10H,6-8,14H2,1-3H3. The number of rotatable bonds is 6. The van der Waals surface area contributed by atoms with Crippen molar-refractivity contribution in [2.24, 2.45) is 11.7 Å². The molecule has 0 fully saturated rings. The molecule has 1 aromatic carbocycles. The number of hydrogen-bond donors (Lipinski definition) is 1. The lowest BCUT2D eigenvalue weighted by Crippen LogP contribution is -2.08. The first-order chi connectivity index (χ1) is 7.71. The van der Waals surface area contributed by atoms with E-state index in [2.05, 4.69) is 13.0 Å². The van der Waals surface area contributed by atoms with Crippen molar-refractivity contribution < 1.29 is 9.47 Å². The van der Waals surface area contributed by atoms with Crippen LogP contribution in [0.1, 0.15) is 18.9 Å². The lowest BCUT2D eigenvalue weighted by Gasteiger charge is -2.14. The fraction of sp³-hybridized carbons (Fsp3) is 0.538. The van der Waals surface area contributed by atoms with Gasteiger partial charge in [0, 0.05) is 6.07 Å². The van der Waals surface area contributed by atoms with Crippen molar-refractivity contribution in [3.05, 3.63) is 23.8 Å². The number of hydrogen-bond acceptors (Lipinski definition) is 3. The maximum atomic E-state index is 5.55. The molecule has 0 aliphatic heterocycles. The van der Waals surface area contributed by atoms with Gasteiger partial charge in [0.15, 0.2) is 0 Å². The Morgan fingerprint density at radius 1 is 1.25 bits per heavy atom. The zero-order valence-corrected chi connectivity index (χ0v) is 10.3. The highest BCUT2D eigenvalue weighted by molar-refractivity contribution is 5.40. The third-order valence-electron chi connectivity index (χ3n) is 2.72. The molecule has 0 saturated heterocycles. The predicted molar refractivity (Wildman–Crippen MR) is 66.1 cm³/mol. The SMILES string of the molecule is COc1ccc(CC(C)CCN)c(OC)c1. The lowest BCUT2D eigenvalue weighted by atomic mass is 9.97. The summed E-state index contributed by atoms with van der Waals surface area (Å²) >= 11 is 0. The Morgan fingerprint density at radius 2 is 2.00 bits per heavy atom. The Morgan fingerprint density at radius 3 is 2.56 bits per heavy atom. The lowest BCUT2D eigenvalue weighted by molar-refractivity contribution is 0.387. The summed E-state index contributed by atoms with van der Waals surface area (Å²) in [4.78, 5) is 0. The molecule has 3 heteroatoms. The summed E-state index contributed by atoms with van der Waals surface area (Å²) in [5, 5.41) is 0. The number of methoxy groups -OCH3 is 2. The molecule has 0 aliphatic carbocycles. The molecule has 0 bridgehead atoms. The second kappa shape index (κ2) is 6.38. The van der Waals surface area contributed by atoms with Crippen LogP contribution in [0.5, 0.6) is 11.5 Å². The van der Waals surface area contributed by atoms with E-state index in [1.807, 2.05) is 12.1 Å². The molecule has 1 rings (SSSR count). The Labute approximate surface area is 97.6 Å². The summed E-state index contributed by atoms with van der Waals surface area (Å²) in [7, 11) is 3.34. The Hall–Kier alpha value is -1.22. The first-order valence-electron chi connectivity index (χ1n) is 5.62. The predicted octanol–water partition coefficient (Wildman–Crippen LogP) is 2.23. The summed E-state index contributed by atoms with van der Waals surface area (Å²) in [5.41, 5.74) is 6.76. The van der Waals surface area contributed by atoms with E-state index in [1.54, 1.807) is 14.2 Å². The van der Waals surface area contributed by atoms with Gasteiger partial charge in [-0.05, 0) is 36.9 Å². The summed E-state index contributed by atoms with van der Waals surface area (Å²) < 4.78 is 10.5. The van der Waals surface area contributed by atoms with Crippen LogP contribution in [0.3, 0.4) is 0 Å². The molecule has 90 valence electrons. The largest absolute Gasteiger partial charge is 0.497 e. The second-order valence-corrected chi connectivity index (χ2v) is 4.06. The molecule has 1 aromatic rings. The molecule has 1 unspecified atom stereocenters. The van der Waals surface area contributed by atoms with Gasteiger partial charge in [0.05, 0.1) is 14.2 Å². The molecular formula is C13H21NO2. The third-order valence-corrected chi connectivity index (χ3v) is 2.72. The molecule has 0 saturated carbocycles. The van der Waals surface area contributed by atoms with Crippen LogP contribution in [0.4, 0.5) is 0 Å². The van der Waals surface area contributed by atoms with Crippen LogP contribution in [0, 0.1) is 5.92 Å². The highest BCUT2D eigenvalue weighted by atomic mass is 16.5. The highest BCUT2D eigenvalue weighted by Crippen LogP contribution is 2.27. The average Bonchev–Trinajstić information content (AvgIpc) is 2.30. The van der Waals surface area contributed by atoms with Crippen molar-refractivity contribution in [2.75, 3.05) is 20.8 Å². The molecule has 2 N–H and O–H groups in total. The molecule has 1 atom stereocenters. The van der Waals surface area contributed by atoms with Crippen molar-refractivity contribution in [1.82, 2.24) is 0 Å². The van der Waals surface area contributed by atoms with E-state index in [-0.39, 0.29) is 0 Å². The van der Waals surface area contributed by atoms with E-state index in [4.69, 9.17) is 15.2 Å². The maximum absolute atomic E-state index is 5.55. The molecule has 3 nitrogen and oxygen atoms in total. The number of ether oxygens (including phenoxy) is 2. The summed E-state index contributed by atoms with van der Waals surface area (Å²) in [6.07, 6.45) is 2.03. The van der Waals surface area contributed by atoms with Crippen molar-refractivity contribution in [3.8, 4) is 11.5 Å². The highest BCUT2D eigenvalue weighted by Gasteiger charge is 2.09. The van der Waals surface area contributed by atoms with Crippen LogP contribution in [-0.4, -0.2) is 20.8 Å². The molecule has 0 aromatic heterocycles. The fourth-order valence-corrected chi connectivity index (χ4v) is 1.78. The quantitative estimate of drug-likeness (QED) is 0.804. The van der Waals surface area contributed by atoms with Gasteiger partial charge in [-0.3, -0.25) is 0 Å². The minimum Gasteiger partial charge on any atom is -0.497 e. The van der Waals surface area contributed by atoms with Crippen LogP contribution in [0.2, 0.25) is 0 Å². The van der Waals surface area contributed by atoms with Crippen LogP contribution < -0.4 is 15.2 Å². The number of benzene rings is 1. The second-order valence-electron chi connectivity index (χ2n) is 4.06. The van der Waals surface area contributed by atoms with Crippen LogP contribution in [0.15, 0.2) is 18.2 Å². The van der Waals surface area contributed by atoms with Crippen molar-refractivity contribution in [3.63, 3.8) is 0 Å². The number of nitrogens with two attached hydrogens (primary N) is 1. The zero-order chi connectivity index (χ0) is 12.0. The summed E-state index contributed by atoms with van der Waals surface area (Å²) in [6, 6.07) is 5.95. The third kappa shape index (κ3) is 3.42. The van der Waals surface area contributed by atoms with Gasteiger partial charge in [-0.1, -0.05) is 13.0 Å². The van der Waals surface area contributed by atoms with Gasteiger partial charge in [-0.25, -0.2) is 0 Å². The Bertz CT molecular complexity index is 326. The van der Waals surface area contributed by atoms with Gasteiger partial charge in [-0.15, -0.1) is 0 Å². The molecule has 0 aliphatic rings. The zero-order valence-electron chi connectivity index (χ0n) is 10.3. The smallest absolute Gasteiger partial charge is 0.125 e. The minimum atomic E-state index is 0.576. The molecule has 0 radical (unpaired) electrons. The molecule has 0 amide bonds. The Balaban J connectivity index is 2.78. The summed E-state index contributed by atoms with van der Waals surface area (Å²) in [6.45, 7) is 2.94. The Kier molecular flexibility index (Phi) is 5.12. The van der Waals surface area contributed by atoms with Crippen LogP contribution in [-0.2, 0) is 6.42 Å². The van der Waals surface area contributed by atoms with Gasteiger partial charge >= 0.3 is 0 Å². The van der Waals surface area contributed by atoms with E-state index >= 15 is 0 Å². The molecule has 0 spiro atoms. The maximum Gasteiger partial charge on any atom is 0.125 e. The van der Waals surface area contributed by atoms with E-state index in [0.29, 0.717) is 5.92 Å². The first-order valence-corrected chi connectivity index (χ1v) is 5.62. The molecule has 0 heterocycles. The van der Waals surface area contributed by atoms with E-state index in [1.165, 1.54) is 5.56 Å². The first kappa shape index (κ1) is 12.8. The minimum absolute atomic E-state index is 0.576.